The molecule has 2 aromatic rings. The fourth-order valence-corrected chi connectivity index (χ4v) is 3.06. The Morgan fingerprint density at radius 3 is 2.75 bits per heavy atom. The number of hydrogen-bond donors (Lipinski definition) is 1. The lowest BCUT2D eigenvalue weighted by Gasteiger charge is -2.41. The van der Waals surface area contributed by atoms with Gasteiger partial charge in [-0.25, -0.2) is 9.97 Å². The Kier molecular flexibility index (Phi) is 5.05. The van der Waals surface area contributed by atoms with Crippen LogP contribution in [0.15, 0.2) is 42.7 Å². The van der Waals surface area contributed by atoms with Gasteiger partial charge in [-0.05, 0) is 12.5 Å². The molecule has 1 unspecified atom stereocenters. The van der Waals surface area contributed by atoms with E-state index in [0.717, 1.165) is 31.1 Å². The van der Waals surface area contributed by atoms with Crippen molar-refractivity contribution < 1.29 is 4.79 Å². The first-order valence-corrected chi connectivity index (χ1v) is 8.20. The van der Waals surface area contributed by atoms with Crippen LogP contribution in [0.2, 0.25) is 0 Å². The Hall–Kier alpha value is -2.47. The number of amides is 1. The van der Waals surface area contributed by atoms with E-state index in [0.29, 0.717) is 6.54 Å². The summed E-state index contributed by atoms with van der Waals surface area (Å²) < 4.78 is 0. The summed E-state index contributed by atoms with van der Waals surface area (Å²) in [6, 6.07) is 12.0. The number of carbonyl (C=O) groups excluding carboxylic acids is 1. The number of aryl methyl sites for hydroxylation is 1. The van der Waals surface area contributed by atoms with Gasteiger partial charge in [-0.1, -0.05) is 30.3 Å². The fraction of sp³-hybridized carbons (Fsp3) is 0.389. The lowest BCUT2D eigenvalue weighted by molar-refractivity contribution is -0.126. The van der Waals surface area contributed by atoms with E-state index in [-0.39, 0.29) is 11.9 Å². The van der Waals surface area contributed by atoms with Crippen LogP contribution in [0.3, 0.4) is 0 Å². The van der Waals surface area contributed by atoms with Gasteiger partial charge in [0.15, 0.2) is 0 Å². The third-order valence-corrected chi connectivity index (χ3v) is 4.38. The van der Waals surface area contributed by atoms with Crippen molar-refractivity contribution in [2.75, 3.05) is 31.6 Å². The molecule has 1 N–H and O–H groups in total. The van der Waals surface area contributed by atoms with E-state index in [9.17, 15) is 4.79 Å². The normalized spacial score (nSPS) is 18.4. The van der Waals surface area contributed by atoms with Crippen molar-refractivity contribution >= 4 is 11.7 Å². The minimum Gasteiger partial charge on any atom is -0.358 e. The molecular formula is C18H23N5O. The molecule has 0 aliphatic carbocycles. The Labute approximate surface area is 142 Å². The molecule has 1 aliphatic rings. The number of carbonyl (C=O) groups is 1. The van der Waals surface area contributed by atoms with Crippen LogP contribution in [0.25, 0.3) is 0 Å². The zero-order valence-corrected chi connectivity index (χ0v) is 14.1. The van der Waals surface area contributed by atoms with Gasteiger partial charge < -0.3 is 10.2 Å². The minimum atomic E-state index is -0.195. The molecule has 1 atom stereocenters. The zero-order chi connectivity index (χ0) is 16.9. The Morgan fingerprint density at radius 2 is 2.04 bits per heavy atom. The topological polar surface area (TPSA) is 61.4 Å². The largest absolute Gasteiger partial charge is 0.358 e. The molecule has 3 rings (SSSR count). The van der Waals surface area contributed by atoms with Crippen molar-refractivity contribution in [1.82, 2.24) is 20.2 Å². The highest BCUT2D eigenvalue weighted by molar-refractivity contribution is 5.82. The second-order valence-electron chi connectivity index (χ2n) is 6.05. The van der Waals surface area contributed by atoms with Crippen molar-refractivity contribution in [2.45, 2.75) is 19.5 Å². The summed E-state index contributed by atoms with van der Waals surface area (Å²) in [6.07, 6.45) is 1.58. The van der Waals surface area contributed by atoms with Crippen molar-refractivity contribution in [1.29, 1.82) is 0 Å². The van der Waals surface area contributed by atoms with Crippen molar-refractivity contribution in [3.05, 3.63) is 54.0 Å². The number of hydrogen-bond acceptors (Lipinski definition) is 5. The number of likely N-dealkylation sites (N-methyl/N-ethyl adjacent to an activating group) is 1. The van der Waals surface area contributed by atoms with Gasteiger partial charge in [-0.15, -0.1) is 0 Å². The molecule has 1 saturated heterocycles. The lowest BCUT2D eigenvalue weighted by atomic mass is 10.1. The van der Waals surface area contributed by atoms with Crippen LogP contribution in [0.5, 0.6) is 0 Å². The van der Waals surface area contributed by atoms with Gasteiger partial charge in [0.2, 0.25) is 5.91 Å². The van der Waals surface area contributed by atoms with E-state index in [4.69, 9.17) is 0 Å². The van der Waals surface area contributed by atoms with Crippen LogP contribution < -0.4 is 10.2 Å². The fourth-order valence-electron chi connectivity index (χ4n) is 3.06. The van der Waals surface area contributed by atoms with Crippen LogP contribution >= 0.6 is 0 Å². The van der Waals surface area contributed by atoms with Crippen LogP contribution in [0.4, 0.5) is 5.82 Å². The van der Waals surface area contributed by atoms with Gasteiger partial charge in [0.1, 0.15) is 18.2 Å². The molecular weight excluding hydrogens is 302 g/mol. The number of rotatable bonds is 4. The van der Waals surface area contributed by atoms with Crippen LogP contribution in [-0.2, 0) is 11.3 Å². The van der Waals surface area contributed by atoms with Crippen molar-refractivity contribution in [3.8, 4) is 0 Å². The number of nitrogens with one attached hydrogen (secondary N) is 1. The molecule has 1 amide bonds. The smallest absolute Gasteiger partial charge is 0.238 e. The summed E-state index contributed by atoms with van der Waals surface area (Å²) in [4.78, 5) is 25.3. The maximum atomic E-state index is 12.4. The number of benzene rings is 1. The lowest BCUT2D eigenvalue weighted by Crippen LogP contribution is -2.58. The summed E-state index contributed by atoms with van der Waals surface area (Å²) in [5, 5.41) is 2.79. The number of piperazine rings is 1. The number of aromatic nitrogens is 2. The first-order valence-electron chi connectivity index (χ1n) is 8.20. The number of anilines is 1. The molecule has 24 heavy (non-hydrogen) atoms. The van der Waals surface area contributed by atoms with Gasteiger partial charge in [0, 0.05) is 45.0 Å². The maximum Gasteiger partial charge on any atom is 0.238 e. The Balaban J connectivity index is 1.77. The number of nitrogens with zero attached hydrogens (tertiary/aromatic N) is 4. The molecule has 0 saturated carbocycles. The molecule has 0 radical (unpaired) electrons. The molecule has 0 bridgehead atoms. The highest BCUT2D eigenvalue weighted by Gasteiger charge is 2.32. The van der Waals surface area contributed by atoms with Crippen LogP contribution in [-0.4, -0.2) is 53.5 Å². The van der Waals surface area contributed by atoms with Gasteiger partial charge in [-0.2, -0.15) is 0 Å². The van der Waals surface area contributed by atoms with Crippen molar-refractivity contribution in [2.24, 2.45) is 0 Å². The van der Waals surface area contributed by atoms with E-state index in [1.165, 1.54) is 5.56 Å². The first kappa shape index (κ1) is 16.4. The van der Waals surface area contributed by atoms with Gasteiger partial charge >= 0.3 is 0 Å². The summed E-state index contributed by atoms with van der Waals surface area (Å²) in [7, 11) is 1.69. The molecule has 1 aromatic carbocycles. The van der Waals surface area contributed by atoms with E-state index in [1.807, 2.05) is 31.2 Å². The van der Waals surface area contributed by atoms with Crippen LogP contribution in [0, 0.1) is 6.92 Å². The third-order valence-electron chi connectivity index (χ3n) is 4.38. The highest BCUT2D eigenvalue weighted by Crippen LogP contribution is 2.19. The molecule has 126 valence electrons. The zero-order valence-electron chi connectivity index (χ0n) is 14.1. The average molecular weight is 325 g/mol. The molecule has 0 spiro atoms. The molecule has 1 aromatic heterocycles. The summed E-state index contributed by atoms with van der Waals surface area (Å²) in [5.41, 5.74) is 2.15. The molecule has 1 fully saturated rings. The van der Waals surface area contributed by atoms with Crippen LogP contribution in [0.1, 0.15) is 11.3 Å². The van der Waals surface area contributed by atoms with Gasteiger partial charge in [-0.3, -0.25) is 9.69 Å². The second kappa shape index (κ2) is 7.40. The van der Waals surface area contributed by atoms with Crippen molar-refractivity contribution in [3.63, 3.8) is 0 Å². The third kappa shape index (κ3) is 3.71. The predicted molar refractivity (Wildman–Crippen MR) is 93.7 cm³/mol. The molecule has 1 aliphatic heterocycles. The summed E-state index contributed by atoms with van der Waals surface area (Å²) in [5.74, 6) is 0.928. The molecule has 2 heterocycles. The maximum absolute atomic E-state index is 12.4. The van der Waals surface area contributed by atoms with Gasteiger partial charge in [0.25, 0.3) is 0 Å². The SMILES string of the molecule is CNC(=O)C1CN(c2cc(C)ncn2)CCN1Cc1ccccc1. The van der Waals surface area contributed by atoms with E-state index >= 15 is 0 Å². The van der Waals surface area contributed by atoms with E-state index < -0.39 is 0 Å². The molecule has 6 nitrogen and oxygen atoms in total. The second-order valence-corrected chi connectivity index (χ2v) is 6.05. The minimum absolute atomic E-state index is 0.0430. The standard InChI is InChI=1S/C18H23N5O/c1-14-10-17(21-13-20-14)23-9-8-22(16(12-23)18(24)19-2)11-15-6-4-3-5-7-15/h3-7,10,13,16H,8-9,11-12H2,1-2H3,(H,19,24). The quantitative estimate of drug-likeness (QED) is 0.916. The Bertz CT molecular complexity index is 691. The summed E-state index contributed by atoms with van der Waals surface area (Å²) in [6.45, 7) is 5.01. The van der Waals surface area contributed by atoms with Gasteiger partial charge in [0.05, 0.1) is 0 Å². The highest BCUT2D eigenvalue weighted by atomic mass is 16.2. The Morgan fingerprint density at radius 1 is 1.25 bits per heavy atom. The van der Waals surface area contributed by atoms with E-state index in [2.05, 4.69) is 37.2 Å². The molecule has 6 heteroatoms. The predicted octanol–water partition coefficient (Wildman–Crippen LogP) is 1.22. The average Bonchev–Trinajstić information content (AvgIpc) is 2.62. The van der Waals surface area contributed by atoms with E-state index in [1.54, 1.807) is 13.4 Å². The summed E-state index contributed by atoms with van der Waals surface area (Å²) >= 11 is 0. The monoisotopic (exact) mass is 325 g/mol. The first-order chi connectivity index (χ1) is 11.7.